The molecule has 0 spiro atoms. The number of aromatic nitrogens is 1. The quantitative estimate of drug-likeness (QED) is 0.645. The van der Waals surface area contributed by atoms with Gasteiger partial charge >= 0.3 is 0 Å². The molecule has 1 unspecified atom stereocenters. The third-order valence-corrected chi connectivity index (χ3v) is 3.62. The van der Waals surface area contributed by atoms with Crippen LogP contribution in [0.1, 0.15) is 18.5 Å². The van der Waals surface area contributed by atoms with Crippen molar-refractivity contribution < 1.29 is 9.53 Å². The van der Waals surface area contributed by atoms with E-state index in [1.165, 1.54) is 0 Å². The fraction of sp³-hybridized carbons (Fsp3) is 0.385. The first-order chi connectivity index (χ1) is 9.24. The van der Waals surface area contributed by atoms with Crippen LogP contribution >= 0.6 is 12.2 Å². The van der Waals surface area contributed by atoms with E-state index in [1.807, 2.05) is 18.3 Å². The normalized spacial score (nSPS) is 25.4. The lowest BCUT2D eigenvalue weighted by Crippen LogP contribution is -2.37. The van der Waals surface area contributed by atoms with Crippen molar-refractivity contribution in [2.45, 2.75) is 18.9 Å². The Morgan fingerprint density at radius 2 is 2.47 bits per heavy atom. The van der Waals surface area contributed by atoms with Gasteiger partial charge in [0.2, 0.25) is 0 Å². The number of nitrogens with one attached hydrogen (secondary N) is 2. The Morgan fingerprint density at radius 1 is 1.58 bits per heavy atom. The standard InChI is InChI=1S/C13H15N3O2S/c17-12-11(7-9-3-1-5-14-9)15-13(19)16(12)8-10-4-2-6-18-10/h1,3,5,7,10,14H,2,4,6,8H2,(H,15,19)/b11-7+. The highest BCUT2D eigenvalue weighted by Gasteiger charge is 2.33. The summed E-state index contributed by atoms with van der Waals surface area (Å²) in [5.74, 6) is -0.0879. The maximum Gasteiger partial charge on any atom is 0.276 e. The molecule has 100 valence electrons. The van der Waals surface area contributed by atoms with E-state index < -0.39 is 0 Å². The maximum absolute atomic E-state index is 12.3. The molecule has 2 fully saturated rings. The van der Waals surface area contributed by atoms with Crippen molar-refractivity contribution in [3.05, 3.63) is 29.7 Å². The summed E-state index contributed by atoms with van der Waals surface area (Å²) in [6.07, 6.45) is 5.73. The Kier molecular flexibility index (Phi) is 3.35. The highest BCUT2D eigenvalue weighted by Crippen LogP contribution is 2.18. The molecular weight excluding hydrogens is 262 g/mol. The molecule has 0 aromatic carbocycles. The van der Waals surface area contributed by atoms with Crippen molar-refractivity contribution in [1.29, 1.82) is 0 Å². The smallest absolute Gasteiger partial charge is 0.276 e. The van der Waals surface area contributed by atoms with Gasteiger partial charge in [-0.15, -0.1) is 0 Å². The summed E-state index contributed by atoms with van der Waals surface area (Å²) in [7, 11) is 0. The van der Waals surface area contributed by atoms with E-state index in [1.54, 1.807) is 11.0 Å². The van der Waals surface area contributed by atoms with Gasteiger partial charge in [-0.05, 0) is 43.3 Å². The number of carbonyl (C=O) groups excluding carboxylic acids is 1. The number of hydrogen-bond acceptors (Lipinski definition) is 3. The van der Waals surface area contributed by atoms with E-state index in [-0.39, 0.29) is 12.0 Å². The van der Waals surface area contributed by atoms with E-state index in [0.29, 0.717) is 17.4 Å². The fourth-order valence-corrected chi connectivity index (χ4v) is 2.59. The summed E-state index contributed by atoms with van der Waals surface area (Å²) in [4.78, 5) is 16.9. The first-order valence-corrected chi connectivity index (χ1v) is 6.74. The van der Waals surface area contributed by atoms with Crippen LogP contribution in [0.2, 0.25) is 0 Å². The molecule has 3 rings (SSSR count). The van der Waals surface area contributed by atoms with Gasteiger partial charge in [0.05, 0.1) is 12.6 Å². The van der Waals surface area contributed by atoms with Crippen LogP contribution < -0.4 is 5.32 Å². The summed E-state index contributed by atoms with van der Waals surface area (Å²) >= 11 is 5.21. The lowest BCUT2D eigenvalue weighted by Gasteiger charge is -2.18. The zero-order chi connectivity index (χ0) is 13.2. The molecule has 1 aromatic rings. The van der Waals surface area contributed by atoms with Gasteiger partial charge in [-0.1, -0.05) is 0 Å². The van der Waals surface area contributed by atoms with Gasteiger partial charge in [0.25, 0.3) is 5.91 Å². The molecule has 1 amide bonds. The molecule has 3 heterocycles. The molecule has 2 N–H and O–H groups in total. The lowest BCUT2D eigenvalue weighted by atomic mass is 10.2. The zero-order valence-corrected chi connectivity index (χ0v) is 11.2. The first kappa shape index (κ1) is 12.4. The van der Waals surface area contributed by atoms with Crippen LogP contribution in [0.5, 0.6) is 0 Å². The van der Waals surface area contributed by atoms with Crippen LogP contribution in [0, 0.1) is 0 Å². The van der Waals surface area contributed by atoms with Gasteiger partial charge in [0, 0.05) is 18.5 Å². The monoisotopic (exact) mass is 277 g/mol. The lowest BCUT2D eigenvalue weighted by molar-refractivity contribution is -0.123. The summed E-state index contributed by atoms with van der Waals surface area (Å²) in [5, 5.41) is 3.42. The molecule has 2 aliphatic heterocycles. The summed E-state index contributed by atoms with van der Waals surface area (Å²) in [6.45, 7) is 1.31. The number of aromatic amines is 1. The number of amides is 1. The molecule has 0 bridgehead atoms. The molecule has 6 heteroatoms. The predicted molar refractivity (Wildman–Crippen MR) is 75.2 cm³/mol. The predicted octanol–water partition coefficient (Wildman–Crippen LogP) is 1.25. The van der Waals surface area contributed by atoms with E-state index in [9.17, 15) is 4.79 Å². The van der Waals surface area contributed by atoms with Crippen molar-refractivity contribution in [2.24, 2.45) is 0 Å². The van der Waals surface area contributed by atoms with Crippen molar-refractivity contribution >= 4 is 29.3 Å². The van der Waals surface area contributed by atoms with Crippen LogP contribution in [0.3, 0.4) is 0 Å². The molecule has 19 heavy (non-hydrogen) atoms. The second-order valence-corrected chi connectivity index (χ2v) is 5.05. The van der Waals surface area contributed by atoms with E-state index >= 15 is 0 Å². The van der Waals surface area contributed by atoms with Gasteiger partial charge < -0.3 is 15.0 Å². The first-order valence-electron chi connectivity index (χ1n) is 6.33. The zero-order valence-electron chi connectivity index (χ0n) is 10.4. The number of thiocarbonyl (C=S) groups is 1. The molecule has 5 nitrogen and oxygen atoms in total. The number of carbonyl (C=O) groups is 1. The molecule has 0 saturated carbocycles. The SMILES string of the molecule is O=C1/C(=C\c2ccc[nH]2)NC(=S)N1CC1CCCO1. The van der Waals surface area contributed by atoms with E-state index in [0.717, 1.165) is 25.1 Å². The third-order valence-electron chi connectivity index (χ3n) is 3.29. The Labute approximate surface area is 116 Å². The molecule has 0 aliphatic carbocycles. The van der Waals surface area contributed by atoms with Crippen LogP contribution in [-0.2, 0) is 9.53 Å². The van der Waals surface area contributed by atoms with Gasteiger partial charge in [-0.2, -0.15) is 0 Å². The summed E-state index contributed by atoms with van der Waals surface area (Å²) in [5.41, 5.74) is 1.38. The van der Waals surface area contributed by atoms with E-state index in [2.05, 4.69) is 10.3 Å². The second-order valence-electron chi connectivity index (χ2n) is 4.66. The molecule has 0 radical (unpaired) electrons. The Morgan fingerprint density at radius 3 is 3.16 bits per heavy atom. The summed E-state index contributed by atoms with van der Waals surface area (Å²) < 4.78 is 5.55. The summed E-state index contributed by atoms with van der Waals surface area (Å²) in [6, 6.07) is 3.78. The molecule has 2 saturated heterocycles. The Bertz CT molecular complexity index is 518. The second kappa shape index (κ2) is 5.14. The van der Waals surface area contributed by atoms with E-state index in [4.69, 9.17) is 17.0 Å². The molecule has 1 atom stereocenters. The minimum atomic E-state index is -0.0879. The van der Waals surface area contributed by atoms with Gasteiger partial charge in [0.1, 0.15) is 5.70 Å². The molecular formula is C13H15N3O2S. The fourth-order valence-electron chi connectivity index (χ4n) is 2.32. The molecule has 1 aromatic heterocycles. The van der Waals surface area contributed by atoms with Crippen LogP contribution in [-0.4, -0.2) is 40.2 Å². The number of rotatable bonds is 3. The highest BCUT2D eigenvalue weighted by molar-refractivity contribution is 7.80. The Hall–Kier alpha value is -1.66. The van der Waals surface area contributed by atoms with Crippen LogP contribution in [0.4, 0.5) is 0 Å². The van der Waals surface area contributed by atoms with Gasteiger partial charge in [-0.25, -0.2) is 0 Å². The third kappa shape index (κ3) is 2.54. The van der Waals surface area contributed by atoms with Crippen LogP contribution in [0.15, 0.2) is 24.0 Å². The molecule has 2 aliphatic rings. The topological polar surface area (TPSA) is 57.4 Å². The average molecular weight is 277 g/mol. The number of H-pyrrole nitrogens is 1. The number of ether oxygens (including phenoxy) is 1. The maximum atomic E-state index is 12.3. The van der Waals surface area contributed by atoms with Crippen molar-refractivity contribution in [3.8, 4) is 0 Å². The highest BCUT2D eigenvalue weighted by atomic mass is 32.1. The van der Waals surface area contributed by atoms with Crippen LogP contribution in [0.25, 0.3) is 6.08 Å². The van der Waals surface area contributed by atoms with Crippen molar-refractivity contribution in [1.82, 2.24) is 15.2 Å². The Balaban J connectivity index is 1.73. The minimum Gasteiger partial charge on any atom is -0.376 e. The van der Waals surface area contributed by atoms with Gasteiger partial charge in [0.15, 0.2) is 5.11 Å². The number of hydrogen-bond donors (Lipinski definition) is 2. The van der Waals surface area contributed by atoms with Crippen molar-refractivity contribution in [2.75, 3.05) is 13.2 Å². The average Bonchev–Trinajstić information content (AvgIpc) is 3.10. The minimum absolute atomic E-state index is 0.0879. The van der Waals surface area contributed by atoms with Crippen molar-refractivity contribution in [3.63, 3.8) is 0 Å². The number of nitrogens with zero attached hydrogens (tertiary/aromatic N) is 1. The van der Waals surface area contributed by atoms with Gasteiger partial charge in [-0.3, -0.25) is 9.69 Å². The largest absolute Gasteiger partial charge is 0.376 e.